The molecule has 8 heavy (non-hydrogen) atoms. The van der Waals surface area contributed by atoms with Crippen molar-refractivity contribution in [2.75, 3.05) is 19.6 Å². The first kappa shape index (κ1) is 6.01. The van der Waals surface area contributed by atoms with Crippen LogP contribution in [-0.4, -0.2) is 35.9 Å². The summed E-state index contributed by atoms with van der Waals surface area (Å²) in [5.41, 5.74) is 0. The highest BCUT2D eigenvalue weighted by Crippen LogP contribution is 1.94. The summed E-state index contributed by atoms with van der Waals surface area (Å²) in [5, 5.41) is 12.0. The van der Waals surface area contributed by atoms with Crippen LogP contribution in [0.4, 0.5) is 0 Å². The monoisotopic (exact) mass is 115 g/mol. The number of aliphatic hydroxyl groups excluding tert-OH is 1. The first-order valence-electron chi connectivity index (χ1n) is 2.76. The van der Waals surface area contributed by atoms with E-state index in [9.17, 15) is 0 Å². The summed E-state index contributed by atoms with van der Waals surface area (Å²) in [6, 6.07) is 0. The molecule has 1 rings (SSSR count). The van der Waals surface area contributed by atoms with Gasteiger partial charge in [0.15, 0.2) is 0 Å². The Morgan fingerprint density at radius 1 is 1.75 bits per heavy atom. The molecule has 0 aliphatic carbocycles. The van der Waals surface area contributed by atoms with E-state index in [0.29, 0.717) is 6.54 Å². The standard InChI is InChI=1S/C5H11N2O/c1-7-3-2-6-4-5(7)8/h5-6,8H,1-4H2. The Morgan fingerprint density at radius 3 is 2.88 bits per heavy atom. The van der Waals surface area contributed by atoms with Crippen LogP contribution in [0, 0.1) is 7.05 Å². The smallest absolute Gasteiger partial charge is 0.120 e. The normalized spacial score (nSPS) is 33.0. The van der Waals surface area contributed by atoms with Gasteiger partial charge in [0.05, 0.1) is 0 Å². The Bertz CT molecular complexity index is 66.8. The second-order valence-electron chi connectivity index (χ2n) is 2.00. The van der Waals surface area contributed by atoms with Gasteiger partial charge in [-0.1, -0.05) is 0 Å². The average molecular weight is 115 g/mol. The lowest BCUT2D eigenvalue weighted by molar-refractivity contribution is 0.0182. The summed E-state index contributed by atoms with van der Waals surface area (Å²) in [6.07, 6.45) is -0.385. The topological polar surface area (TPSA) is 35.5 Å². The predicted octanol–water partition coefficient (Wildman–Crippen LogP) is -0.998. The number of aliphatic hydroxyl groups is 1. The van der Waals surface area contributed by atoms with E-state index in [-0.39, 0.29) is 6.23 Å². The minimum atomic E-state index is -0.385. The van der Waals surface area contributed by atoms with E-state index < -0.39 is 0 Å². The molecule has 0 bridgehead atoms. The lowest BCUT2D eigenvalue weighted by atomic mass is 10.4. The Kier molecular flexibility index (Phi) is 1.83. The number of hydrogen-bond donors (Lipinski definition) is 2. The molecule has 0 aromatic heterocycles. The van der Waals surface area contributed by atoms with E-state index >= 15 is 0 Å². The Labute approximate surface area is 49.3 Å². The van der Waals surface area contributed by atoms with Crippen molar-refractivity contribution in [1.29, 1.82) is 0 Å². The van der Waals surface area contributed by atoms with Crippen LogP contribution in [0.15, 0.2) is 0 Å². The van der Waals surface area contributed by atoms with E-state index in [1.807, 2.05) is 0 Å². The van der Waals surface area contributed by atoms with E-state index in [1.165, 1.54) is 0 Å². The quantitative estimate of drug-likeness (QED) is 0.425. The van der Waals surface area contributed by atoms with E-state index in [4.69, 9.17) is 5.11 Å². The Balaban J connectivity index is 2.28. The highest BCUT2D eigenvalue weighted by molar-refractivity contribution is 4.69. The van der Waals surface area contributed by atoms with Gasteiger partial charge in [-0.25, -0.2) is 0 Å². The van der Waals surface area contributed by atoms with E-state index in [2.05, 4.69) is 12.4 Å². The van der Waals surface area contributed by atoms with Crippen LogP contribution < -0.4 is 5.32 Å². The summed E-state index contributed by atoms with van der Waals surface area (Å²) >= 11 is 0. The molecular weight excluding hydrogens is 104 g/mol. The van der Waals surface area contributed by atoms with Crippen molar-refractivity contribution >= 4 is 0 Å². The van der Waals surface area contributed by atoms with Crippen molar-refractivity contribution in [1.82, 2.24) is 10.2 Å². The molecule has 0 aromatic carbocycles. The first-order valence-corrected chi connectivity index (χ1v) is 2.76. The van der Waals surface area contributed by atoms with Crippen LogP contribution in [0.1, 0.15) is 0 Å². The van der Waals surface area contributed by atoms with Gasteiger partial charge in [-0.2, -0.15) is 0 Å². The van der Waals surface area contributed by atoms with Crippen LogP contribution in [0.5, 0.6) is 0 Å². The molecular formula is C5H11N2O. The number of nitrogens with one attached hydrogen (secondary N) is 1. The average Bonchev–Trinajstić information content (AvgIpc) is 1.77. The lowest BCUT2D eigenvalue weighted by Gasteiger charge is -2.28. The fourth-order valence-electron chi connectivity index (χ4n) is 0.732. The molecule has 3 heteroatoms. The summed E-state index contributed by atoms with van der Waals surface area (Å²) in [6.45, 7) is 2.41. The fourth-order valence-corrected chi connectivity index (χ4v) is 0.732. The zero-order valence-electron chi connectivity index (χ0n) is 4.80. The molecule has 0 spiro atoms. The van der Waals surface area contributed by atoms with Crippen molar-refractivity contribution in [2.24, 2.45) is 0 Å². The summed E-state index contributed by atoms with van der Waals surface area (Å²) in [7, 11) is 3.62. The minimum Gasteiger partial charge on any atom is -0.377 e. The first-order chi connectivity index (χ1) is 3.80. The van der Waals surface area contributed by atoms with Crippen molar-refractivity contribution in [3.05, 3.63) is 7.05 Å². The van der Waals surface area contributed by atoms with Crippen molar-refractivity contribution < 1.29 is 5.11 Å². The Hall–Kier alpha value is -0.120. The highest BCUT2D eigenvalue weighted by Gasteiger charge is 2.13. The van der Waals surface area contributed by atoms with Crippen LogP contribution in [-0.2, 0) is 0 Å². The zero-order chi connectivity index (χ0) is 5.98. The fraction of sp³-hybridized carbons (Fsp3) is 0.800. The van der Waals surface area contributed by atoms with Gasteiger partial charge < -0.3 is 10.4 Å². The maximum absolute atomic E-state index is 8.98. The number of rotatable bonds is 0. The largest absolute Gasteiger partial charge is 0.377 e. The van der Waals surface area contributed by atoms with Crippen LogP contribution in [0.3, 0.4) is 0 Å². The lowest BCUT2D eigenvalue weighted by Crippen LogP contribution is -2.47. The van der Waals surface area contributed by atoms with Gasteiger partial charge in [0.25, 0.3) is 0 Å². The van der Waals surface area contributed by atoms with E-state index in [1.54, 1.807) is 4.90 Å². The maximum Gasteiger partial charge on any atom is 0.120 e. The second-order valence-corrected chi connectivity index (χ2v) is 2.00. The Morgan fingerprint density at radius 2 is 2.50 bits per heavy atom. The van der Waals surface area contributed by atoms with Crippen LogP contribution >= 0.6 is 0 Å². The van der Waals surface area contributed by atoms with Gasteiger partial charge >= 0.3 is 0 Å². The number of nitrogens with zero attached hydrogens (tertiary/aromatic N) is 1. The summed E-state index contributed by atoms with van der Waals surface area (Å²) < 4.78 is 0. The summed E-state index contributed by atoms with van der Waals surface area (Å²) in [5.74, 6) is 0. The molecule has 1 aliphatic rings. The van der Waals surface area contributed by atoms with E-state index in [0.717, 1.165) is 13.1 Å². The van der Waals surface area contributed by atoms with Gasteiger partial charge in [0.2, 0.25) is 0 Å². The van der Waals surface area contributed by atoms with Gasteiger partial charge in [-0.15, -0.1) is 0 Å². The van der Waals surface area contributed by atoms with Gasteiger partial charge in [0.1, 0.15) is 6.23 Å². The van der Waals surface area contributed by atoms with Crippen molar-refractivity contribution in [3.63, 3.8) is 0 Å². The van der Waals surface area contributed by atoms with Gasteiger partial charge in [-0.05, 0) is 0 Å². The van der Waals surface area contributed by atoms with Gasteiger partial charge in [-0.3, -0.25) is 4.90 Å². The SMILES string of the molecule is [CH2]N1CCNCC1O. The molecule has 1 atom stereocenters. The molecule has 47 valence electrons. The molecule has 0 amide bonds. The van der Waals surface area contributed by atoms with Crippen molar-refractivity contribution in [2.45, 2.75) is 6.23 Å². The number of piperazine rings is 1. The molecule has 0 aromatic rings. The molecule has 0 saturated carbocycles. The molecule has 2 N–H and O–H groups in total. The highest BCUT2D eigenvalue weighted by atomic mass is 16.3. The molecule has 1 saturated heterocycles. The summed E-state index contributed by atoms with van der Waals surface area (Å²) in [4.78, 5) is 1.68. The third-order valence-corrected chi connectivity index (χ3v) is 1.32. The maximum atomic E-state index is 8.98. The van der Waals surface area contributed by atoms with Gasteiger partial charge in [0, 0.05) is 26.7 Å². The molecule has 1 heterocycles. The number of hydrogen-bond acceptors (Lipinski definition) is 3. The molecule has 1 unspecified atom stereocenters. The molecule has 1 fully saturated rings. The second kappa shape index (κ2) is 2.44. The predicted molar refractivity (Wildman–Crippen MR) is 30.9 cm³/mol. The van der Waals surface area contributed by atoms with Crippen LogP contribution in [0.2, 0.25) is 0 Å². The van der Waals surface area contributed by atoms with Crippen molar-refractivity contribution in [3.8, 4) is 0 Å². The third kappa shape index (κ3) is 1.18. The molecule has 3 nitrogen and oxygen atoms in total. The minimum absolute atomic E-state index is 0.385. The third-order valence-electron chi connectivity index (χ3n) is 1.32. The molecule has 1 aliphatic heterocycles. The zero-order valence-corrected chi connectivity index (χ0v) is 4.80. The number of β-amino-alcohol motifs (C(OH)–C–C–N with tert-alkyl or cyclic N) is 1. The molecule has 1 radical (unpaired) electrons. The van der Waals surface area contributed by atoms with Crippen LogP contribution in [0.25, 0.3) is 0 Å².